The zero-order chi connectivity index (χ0) is 14.1. The molecule has 0 fully saturated rings. The van der Waals surface area contributed by atoms with E-state index < -0.39 is 0 Å². The SMILES string of the molecule is c1ccc2ncc(CO[C@H]3CCCc4cn[nH]c43)cc2c1. The summed E-state index contributed by atoms with van der Waals surface area (Å²) in [5.41, 5.74) is 4.58. The number of aromatic nitrogens is 3. The fourth-order valence-corrected chi connectivity index (χ4v) is 2.98. The summed E-state index contributed by atoms with van der Waals surface area (Å²) in [7, 11) is 0. The molecule has 0 aliphatic heterocycles. The Bertz CT molecular complexity index is 765. The van der Waals surface area contributed by atoms with Gasteiger partial charge in [-0.15, -0.1) is 0 Å². The largest absolute Gasteiger partial charge is 0.367 e. The smallest absolute Gasteiger partial charge is 0.0996 e. The average Bonchev–Trinajstić information content (AvgIpc) is 3.02. The third-order valence-corrected chi connectivity index (χ3v) is 4.08. The lowest BCUT2D eigenvalue weighted by atomic mass is 9.96. The normalized spacial score (nSPS) is 17.8. The lowest BCUT2D eigenvalue weighted by Crippen LogP contribution is -2.12. The van der Waals surface area contributed by atoms with Crippen LogP contribution in [0, 0.1) is 0 Å². The Balaban J connectivity index is 1.51. The van der Waals surface area contributed by atoms with Gasteiger partial charge in [0.1, 0.15) is 0 Å². The van der Waals surface area contributed by atoms with Crippen molar-refractivity contribution in [1.29, 1.82) is 0 Å². The molecule has 1 N–H and O–H groups in total. The Morgan fingerprint density at radius 3 is 3.19 bits per heavy atom. The predicted molar refractivity (Wildman–Crippen MR) is 80.8 cm³/mol. The topological polar surface area (TPSA) is 50.8 Å². The molecule has 21 heavy (non-hydrogen) atoms. The number of hydrogen-bond donors (Lipinski definition) is 1. The van der Waals surface area contributed by atoms with E-state index in [1.807, 2.05) is 30.6 Å². The van der Waals surface area contributed by atoms with Crippen LogP contribution in [0.5, 0.6) is 0 Å². The number of nitrogens with zero attached hydrogens (tertiary/aromatic N) is 2. The van der Waals surface area contributed by atoms with Gasteiger partial charge >= 0.3 is 0 Å². The molecule has 0 saturated carbocycles. The molecular weight excluding hydrogens is 262 g/mol. The summed E-state index contributed by atoms with van der Waals surface area (Å²) in [5.74, 6) is 0. The highest BCUT2D eigenvalue weighted by Crippen LogP contribution is 2.31. The van der Waals surface area contributed by atoms with Gasteiger partial charge in [0, 0.05) is 11.6 Å². The molecule has 2 aromatic heterocycles. The molecule has 4 nitrogen and oxygen atoms in total. The Hall–Kier alpha value is -2.20. The quantitative estimate of drug-likeness (QED) is 0.797. The van der Waals surface area contributed by atoms with Crippen molar-refractivity contribution in [3.8, 4) is 0 Å². The number of fused-ring (bicyclic) bond motifs is 2. The number of H-pyrrole nitrogens is 1. The Morgan fingerprint density at radius 2 is 2.19 bits per heavy atom. The van der Waals surface area contributed by atoms with Crippen molar-refractivity contribution >= 4 is 10.9 Å². The van der Waals surface area contributed by atoms with Gasteiger partial charge in [-0.3, -0.25) is 10.1 Å². The first kappa shape index (κ1) is 12.5. The van der Waals surface area contributed by atoms with E-state index in [-0.39, 0.29) is 6.10 Å². The standard InChI is InChI=1S/C17H17N3O/c1-2-6-15-13(4-1)8-12(9-18-15)11-21-16-7-3-5-14-10-19-20-17(14)16/h1-2,4,6,8-10,16H,3,5,7,11H2,(H,19,20)/t16-/m0/s1. The van der Waals surface area contributed by atoms with Crippen LogP contribution < -0.4 is 0 Å². The summed E-state index contributed by atoms with van der Waals surface area (Å²) in [5, 5.41) is 8.37. The van der Waals surface area contributed by atoms with Crippen LogP contribution >= 0.6 is 0 Å². The number of aryl methyl sites for hydroxylation is 1. The molecular formula is C17H17N3O. The molecule has 106 valence electrons. The Morgan fingerprint density at radius 1 is 1.24 bits per heavy atom. The van der Waals surface area contributed by atoms with Gasteiger partial charge in [-0.2, -0.15) is 5.10 Å². The van der Waals surface area contributed by atoms with Crippen LogP contribution in [0.15, 0.2) is 42.7 Å². The highest BCUT2D eigenvalue weighted by atomic mass is 16.5. The third kappa shape index (κ3) is 2.43. The number of nitrogens with one attached hydrogen (secondary N) is 1. The van der Waals surface area contributed by atoms with E-state index in [9.17, 15) is 0 Å². The number of rotatable bonds is 3. The molecule has 1 aliphatic carbocycles. The highest BCUT2D eigenvalue weighted by molar-refractivity contribution is 5.78. The first-order valence-electron chi connectivity index (χ1n) is 7.37. The van der Waals surface area contributed by atoms with E-state index in [0.29, 0.717) is 6.61 Å². The monoisotopic (exact) mass is 279 g/mol. The maximum absolute atomic E-state index is 6.09. The van der Waals surface area contributed by atoms with Gasteiger partial charge in [0.2, 0.25) is 0 Å². The summed E-state index contributed by atoms with van der Waals surface area (Å²) >= 11 is 0. The van der Waals surface area contributed by atoms with Crippen LogP contribution in [0.1, 0.15) is 35.8 Å². The van der Waals surface area contributed by atoms with Crippen molar-refractivity contribution in [1.82, 2.24) is 15.2 Å². The van der Waals surface area contributed by atoms with E-state index in [0.717, 1.165) is 41.4 Å². The number of aromatic amines is 1. The summed E-state index contributed by atoms with van der Waals surface area (Å²) < 4.78 is 6.09. The van der Waals surface area contributed by atoms with E-state index in [2.05, 4.69) is 27.3 Å². The van der Waals surface area contributed by atoms with Crippen LogP contribution in [0.2, 0.25) is 0 Å². The van der Waals surface area contributed by atoms with Crippen molar-refractivity contribution < 1.29 is 4.74 Å². The van der Waals surface area contributed by atoms with Gasteiger partial charge in [0.25, 0.3) is 0 Å². The maximum atomic E-state index is 6.09. The molecule has 0 spiro atoms. The summed E-state index contributed by atoms with van der Waals surface area (Å²) in [6, 6.07) is 10.3. The molecule has 0 saturated heterocycles. The van der Waals surface area contributed by atoms with E-state index in [1.54, 1.807) is 0 Å². The number of ether oxygens (including phenoxy) is 1. The molecule has 0 amide bonds. The molecule has 2 heterocycles. The van der Waals surface area contributed by atoms with Crippen LogP contribution in [-0.2, 0) is 17.8 Å². The first-order chi connectivity index (χ1) is 10.4. The second kappa shape index (κ2) is 5.30. The molecule has 1 aliphatic rings. The minimum atomic E-state index is 0.128. The number of hydrogen-bond acceptors (Lipinski definition) is 3. The molecule has 1 aromatic carbocycles. The lowest BCUT2D eigenvalue weighted by molar-refractivity contribution is 0.0254. The van der Waals surface area contributed by atoms with Gasteiger partial charge < -0.3 is 4.74 Å². The fraction of sp³-hybridized carbons (Fsp3) is 0.294. The zero-order valence-corrected chi connectivity index (χ0v) is 11.7. The highest BCUT2D eigenvalue weighted by Gasteiger charge is 2.22. The number of para-hydroxylation sites is 1. The zero-order valence-electron chi connectivity index (χ0n) is 11.7. The minimum Gasteiger partial charge on any atom is -0.367 e. The second-order valence-corrected chi connectivity index (χ2v) is 5.54. The minimum absolute atomic E-state index is 0.128. The Kier molecular flexibility index (Phi) is 3.16. The predicted octanol–water partition coefficient (Wildman–Crippen LogP) is 3.55. The van der Waals surface area contributed by atoms with Crippen LogP contribution in [0.4, 0.5) is 0 Å². The number of benzene rings is 1. The van der Waals surface area contributed by atoms with Crippen molar-refractivity contribution in [2.24, 2.45) is 0 Å². The van der Waals surface area contributed by atoms with E-state index >= 15 is 0 Å². The van der Waals surface area contributed by atoms with E-state index in [1.165, 1.54) is 5.56 Å². The van der Waals surface area contributed by atoms with Crippen molar-refractivity contribution in [3.05, 3.63) is 59.5 Å². The van der Waals surface area contributed by atoms with Gasteiger partial charge in [-0.25, -0.2) is 0 Å². The van der Waals surface area contributed by atoms with Gasteiger partial charge in [-0.05, 0) is 42.5 Å². The summed E-state index contributed by atoms with van der Waals surface area (Å²) in [4.78, 5) is 4.48. The van der Waals surface area contributed by atoms with Gasteiger partial charge in [0.05, 0.1) is 30.1 Å². The second-order valence-electron chi connectivity index (χ2n) is 5.54. The summed E-state index contributed by atoms with van der Waals surface area (Å²) in [6.07, 6.45) is 7.26. The molecule has 4 heteroatoms. The molecule has 0 radical (unpaired) electrons. The molecule has 1 atom stereocenters. The summed E-state index contributed by atoms with van der Waals surface area (Å²) in [6.45, 7) is 0.584. The van der Waals surface area contributed by atoms with Crippen LogP contribution in [0.25, 0.3) is 10.9 Å². The van der Waals surface area contributed by atoms with Crippen molar-refractivity contribution in [3.63, 3.8) is 0 Å². The van der Waals surface area contributed by atoms with E-state index in [4.69, 9.17) is 4.74 Å². The number of pyridine rings is 1. The molecule has 3 aromatic rings. The van der Waals surface area contributed by atoms with Crippen molar-refractivity contribution in [2.45, 2.75) is 32.0 Å². The molecule has 0 unspecified atom stereocenters. The van der Waals surface area contributed by atoms with Crippen molar-refractivity contribution in [2.75, 3.05) is 0 Å². The maximum Gasteiger partial charge on any atom is 0.0996 e. The third-order valence-electron chi connectivity index (χ3n) is 4.08. The fourth-order valence-electron chi connectivity index (χ4n) is 2.98. The van der Waals surface area contributed by atoms with Gasteiger partial charge in [-0.1, -0.05) is 18.2 Å². The Labute approximate surface area is 123 Å². The lowest BCUT2D eigenvalue weighted by Gasteiger charge is -2.22. The van der Waals surface area contributed by atoms with Crippen LogP contribution in [0.3, 0.4) is 0 Å². The molecule has 0 bridgehead atoms. The average molecular weight is 279 g/mol. The van der Waals surface area contributed by atoms with Gasteiger partial charge in [0.15, 0.2) is 0 Å². The first-order valence-corrected chi connectivity index (χ1v) is 7.37. The van der Waals surface area contributed by atoms with Crippen LogP contribution in [-0.4, -0.2) is 15.2 Å². The molecule has 4 rings (SSSR count).